The molecule has 1 aliphatic rings. The number of carboxylic acid groups (broad SMARTS) is 1. The van der Waals surface area contributed by atoms with Crippen molar-refractivity contribution in [3.05, 3.63) is 57.6 Å². The molecule has 21 heavy (non-hydrogen) atoms. The van der Waals surface area contributed by atoms with Crippen LogP contribution in [-0.4, -0.2) is 20.6 Å². The van der Waals surface area contributed by atoms with Crippen molar-refractivity contribution >= 4 is 11.8 Å². The van der Waals surface area contributed by atoms with Crippen LogP contribution in [0, 0.1) is 0 Å². The predicted octanol–water partition coefficient (Wildman–Crippen LogP) is 1.48. The molecular formula is C15H15N3O3. The summed E-state index contributed by atoms with van der Waals surface area (Å²) in [6, 6.07) is 5.06. The molecule has 1 aromatic heterocycles. The van der Waals surface area contributed by atoms with E-state index < -0.39 is 5.97 Å². The van der Waals surface area contributed by atoms with Crippen LogP contribution >= 0.6 is 0 Å². The van der Waals surface area contributed by atoms with Crippen molar-refractivity contribution in [2.75, 3.05) is 4.90 Å². The molecule has 1 aromatic carbocycles. The molecule has 0 amide bonds. The highest BCUT2D eigenvalue weighted by Gasteiger charge is 2.23. The average Bonchev–Trinajstić information content (AvgIpc) is 2.90. The van der Waals surface area contributed by atoms with Gasteiger partial charge < -0.3 is 14.6 Å². The Morgan fingerprint density at radius 3 is 2.81 bits per heavy atom. The van der Waals surface area contributed by atoms with E-state index in [1.807, 2.05) is 11.8 Å². The SMILES string of the molecule is CCn1ccnc(N2Cc3ccc(C(=O)O)cc3C2)c1=O. The van der Waals surface area contributed by atoms with E-state index >= 15 is 0 Å². The van der Waals surface area contributed by atoms with Crippen LogP contribution in [0.15, 0.2) is 35.4 Å². The molecule has 108 valence electrons. The summed E-state index contributed by atoms with van der Waals surface area (Å²) in [6.07, 6.45) is 3.28. The van der Waals surface area contributed by atoms with E-state index in [9.17, 15) is 9.59 Å². The fourth-order valence-electron chi connectivity index (χ4n) is 2.58. The maximum Gasteiger partial charge on any atom is 0.335 e. The molecule has 2 heterocycles. The number of carboxylic acids is 1. The van der Waals surface area contributed by atoms with Gasteiger partial charge in [-0.25, -0.2) is 9.78 Å². The van der Waals surface area contributed by atoms with Crippen LogP contribution in [0.4, 0.5) is 5.82 Å². The Morgan fingerprint density at radius 1 is 1.33 bits per heavy atom. The van der Waals surface area contributed by atoms with E-state index in [0.29, 0.717) is 25.5 Å². The summed E-state index contributed by atoms with van der Waals surface area (Å²) in [6.45, 7) is 3.58. The number of aromatic carboxylic acids is 1. The quantitative estimate of drug-likeness (QED) is 0.924. The highest BCUT2D eigenvalue weighted by molar-refractivity contribution is 5.88. The van der Waals surface area contributed by atoms with Gasteiger partial charge in [-0.3, -0.25) is 4.79 Å². The van der Waals surface area contributed by atoms with Crippen molar-refractivity contribution < 1.29 is 9.90 Å². The highest BCUT2D eigenvalue weighted by Crippen LogP contribution is 2.26. The topological polar surface area (TPSA) is 75.4 Å². The fraction of sp³-hybridized carbons (Fsp3) is 0.267. The highest BCUT2D eigenvalue weighted by atomic mass is 16.4. The van der Waals surface area contributed by atoms with Gasteiger partial charge in [-0.05, 0) is 30.2 Å². The Bertz CT molecular complexity index is 767. The number of rotatable bonds is 3. The van der Waals surface area contributed by atoms with E-state index in [2.05, 4.69) is 4.98 Å². The minimum Gasteiger partial charge on any atom is -0.478 e. The third-order valence-electron chi connectivity index (χ3n) is 3.71. The van der Waals surface area contributed by atoms with Gasteiger partial charge in [0.1, 0.15) is 0 Å². The lowest BCUT2D eigenvalue weighted by molar-refractivity contribution is 0.0697. The molecule has 0 atom stereocenters. The molecule has 0 unspecified atom stereocenters. The zero-order valence-corrected chi connectivity index (χ0v) is 11.6. The summed E-state index contributed by atoms with van der Waals surface area (Å²) in [5.41, 5.74) is 2.12. The molecule has 6 nitrogen and oxygen atoms in total. The van der Waals surface area contributed by atoms with E-state index in [-0.39, 0.29) is 11.1 Å². The van der Waals surface area contributed by atoms with Gasteiger partial charge in [0.25, 0.3) is 5.56 Å². The molecule has 0 saturated carbocycles. The fourth-order valence-corrected chi connectivity index (χ4v) is 2.58. The summed E-state index contributed by atoms with van der Waals surface area (Å²) >= 11 is 0. The first-order chi connectivity index (χ1) is 10.1. The van der Waals surface area contributed by atoms with E-state index in [1.54, 1.807) is 35.2 Å². The monoisotopic (exact) mass is 285 g/mol. The number of nitrogens with zero attached hydrogens (tertiary/aromatic N) is 3. The van der Waals surface area contributed by atoms with Gasteiger partial charge in [0.05, 0.1) is 5.56 Å². The largest absolute Gasteiger partial charge is 0.478 e. The molecule has 3 rings (SSSR count). The van der Waals surface area contributed by atoms with Crippen molar-refractivity contribution in [3.8, 4) is 0 Å². The lowest BCUT2D eigenvalue weighted by atomic mass is 10.1. The zero-order valence-electron chi connectivity index (χ0n) is 11.6. The Kier molecular flexibility index (Phi) is 3.21. The number of aromatic nitrogens is 2. The molecule has 0 spiro atoms. The summed E-state index contributed by atoms with van der Waals surface area (Å²) in [5, 5.41) is 9.03. The molecule has 0 aliphatic carbocycles. The first-order valence-corrected chi connectivity index (χ1v) is 6.75. The van der Waals surface area contributed by atoms with Crippen LogP contribution in [-0.2, 0) is 19.6 Å². The van der Waals surface area contributed by atoms with Crippen molar-refractivity contribution in [2.24, 2.45) is 0 Å². The lowest BCUT2D eigenvalue weighted by Crippen LogP contribution is -2.29. The standard InChI is InChI=1S/C15H15N3O3/c1-2-17-6-5-16-13(14(17)19)18-8-11-4-3-10(15(20)21)7-12(11)9-18/h3-7H,2,8-9H2,1H3,(H,20,21). The van der Waals surface area contributed by atoms with Crippen LogP contribution in [0.2, 0.25) is 0 Å². The van der Waals surface area contributed by atoms with Gasteiger partial charge in [-0.2, -0.15) is 0 Å². The summed E-state index contributed by atoms with van der Waals surface area (Å²) in [4.78, 5) is 29.4. The number of benzene rings is 1. The van der Waals surface area contributed by atoms with E-state index in [1.165, 1.54) is 0 Å². The molecular weight excluding hydrogens is 270 g/mol. The Hall–Kier alpha value is -2.63. The number of anilines is 1. The molecule has 0 radical (unpaired) electrons. The molecule has 1 N–H and O–H groups in total. The van der Waals surface area contributed by atoms with Gasteiger partial charge in [0.2, 0.25) is 0 Å². The molecule has 0 bridgehead atoms. The number of aryl methyl sites for hydroxylation is 1. The molecule has 6 heteroatoms. The number of fused-ring (bicyclic) bond motifs is 1. The Morgan fingerprint density at radius 2 is 2.10 bits per heavy atom. The predicted molar refractivity (Wildman–Crippen MR) is 77.5 cm³/mol. The van der Waals surface area contributed by atoms with Crippen LogP contribution < -0.4 is 10.5 Å². The third-order valence-corrected chi connectivity index (χ3v) is 3.71. The second-order valence-electron chi connectivity index (χ2n) is 4.99. The molecule has 0 fully saturated rings. The summed E-state index contributed by atoms with van der Waals surface area (Å²) < 4.78 is 1.61. The number of hydrogen-bond acceptors (Lipinski definition) is 4. The van der Waals surface area contributed by atoms with Gasteiger partial charge in [-0.1, -0.05) is 6.07 Å². The van der Waals surface area contributed by atoms with Crippen LogP contribution in [0.3, 0.4) is 0 Å². The molecule has 1 aliphatic heterocycles. The molecule has 0 saturated heterocycles. The number of hydrogen-bond donors (Lipinski definition) is 1. The van der Waals surface area contributed by atoms with Gasteiger partial charge in [0.15, 0.2) is 5.82 Å². The Labute approximate surface area is 121 Å². The summed E-state index contributed by atoms with van der Waals surface area (Å²) in [7, 11) is 0. The number of carbonyl (C=O) groups is 1. The van der Waals surface area contributed by atoms with Gasteiger partial charge in [0, 0.05) is 32.0 Å². The second-order valence-corrected chi connectivity index (χ2v) is 4.99. The van der Waals surface area contributed by atoms with Crippen molar-refractivity contribution in [2.45, 2.75) is 26.6 Å². The second kappa shape index (κ2) is 5.05. The van der Waals surface area contributed by atoms with E-state index in [0.717, 1.165) is 11.1 Å². The van der Waals surface area contributed by atoms with E-state index in [4.69, 9.17) is 5.11 Å². The minimum atomic E-state index is -0.942. The van der Waals surface area contributed by atoms with Crippen molar-refractivity contribution in [1.82, 2.24) is 9.55 Å². The van der Waals surface area contributed by atoms with Gasteiger partial charge in [-0.15, -0.1) is 0 Å². The Balaban J connectivity index is 1.95. The maximum absolute atomic E-state index is 12.3. The smallest absolute Gasteiger partial charge is 0.335 e. The minimum absolute atomic E-state index is 0.119. The maximum atomic E-state index is 12.3. The zero-order chi connectivity index (χ0) is 15.0. The van der Waals surface area contributed by atoms with Crippen molar-refractivity contribution in [3.63, 3.8) is 0 Å². The van der Waals surface area contributed by atoms with Gasteiger partial charge >= 0.3 is 5.97 Å². The van der Waals surface area contributed by atoms with Crippen LogP contribution in [0.25, 0.3) is 0 Å². The van der Waals surface area contributed by atoms with Crippen LogP contribution in [0.5, 0.6) is 0 Å². The lowest BCUT2D eigenvalue weighted by Gasteiger charge is -2.16. The first-order valence-electron chi connectivity index (χ1n) is 6.75. The third kappa shape index (κ3) is 2.29. The van der Waals surface area contributed by atoms with Crippen molar-refractivity contribution in [1.29, 1.82) is 0 Å². The average molecular weight is 285 g/mol. The van der Waals surface area contributed by atoms with Crippen LogP contribution in [0.1, 0.15) is 28.4 Å². The normalized spacial score (nSPS) is 13.3. The first kappa shape index (κ1) is 13.4. The summed E-state index contributed by atoms with van der Waals surface area (Å²) in [5.74, 6) is -0.533. The molecule has 2 aromatic rings.